The fraction of sp³-hybridized carbons (Fsp3) is 0.182. The maximum absolute atomic E-state index is 2.45. The first-order valence-electron chi connectivity index (χ1n) is 16.5. The molecule has 0 radical (unpaired) electrons. The first kappa shape index (κ1) is 29.6. The monoisotopic (exact) mass is 598 g/mol. The Hall–Kier alpha value is -5.08. The summed E-state index contributed by atoms with van der Waals surface area (Å²) in [5, 5.41) is 0. The molecule has 0 atom stereocenters. The zero-order valence-electron chi connectivity index (χ0n) is 27.4. The van der Waals surface area contributed by atoms with E-state index in [0.29, 0.717) is 0 Å². The second kappa shape index (κ2) is 12.7. The summed E-state index contributed by atoms with van der Waals surface area (Å²) in [5.74, 6) is 0. The Bertz CT molecular complexity index is 1710. The van der Waals surface area contributed by atoms with Crippen LogP contribution in [0.4, 0.5) is 34.1 Å². The van der Waals surface area contributed by atoms with Crippen molar-refractivity contribution in [2.45, 2.75) is 53.4 Å². The second-order valence-electron chi connectivity index (χ2n) is 12.9. The van der Waals surface area contributed by atoms with E-state index in [1.54, 1.807) is 0 Å². The summed E-state index contributed by atoms with van der Waals surface area (Å²) >= 11 is 0. The molecule has 0 heterocycles. The predicted octanol–water partition coefficient (Wildman–Crippen LogP) is 11.7. The molecule has 0 unspecified atom stereocenters. The molecule has 10 rings (SSSR count). The van der Waals surface area contributed by atoms with E-state index in [0.717, 1.165) is 25.7 Å². The van der Waals surface area contributed by atoms with Gasteiger partial charge < -0.3 is 9.80 Å². The van der Waals surface area contributed by atoms with Gasteiger partial charge in [0.15, 0.2) is 0 Å². The molecule has 0 saturated heterocycles. The summed E-state index contributed by atoms with van der Waals surface area (Å²) in [6.07, 6.45) is 3.84. The summed E-state index contributed by atoms with van der Waals surface area (Å²) in [6.45, 7) is 8.62. The van der Waals surface area contributed by atoms with Crippen molar-refractivity contribution in [3.8, 4) is 0 Å². The van der Waals surface area contributed by atoms with Gasteiger partial charge in [0.05, 0.1) is 0 Å². The normalized spacial score (nSPS) is 12.4. The van der Waals surface area contributed by atoms with Gasteiger partial charge in [0, 0.05) is 34.1 Å². The third-order valence-electron chi connectivity index (χ3n) is 9.32. The van der Waals surface area contributed by atoms with Gasteiger partial charge in [0.25, 0.3) is 0 Å². The van der Waals surface area contributed by atoms with Crippen LogP contribution >= 0.6 is 0 Å². The van der Waals surface area contributed by atoms with Crippen LogP contribution in [0.3, 0.4) is 0 Å². The highest BCUT2D eigenvalue weighted by Gasteiger charge is 2.21. The highest BCUT2D eigenvalue weighted by Crippen LogP contribution is 2.41. The number of anilines is 6. The van der Waals surface area contributed by atoms with Crippen LogP contribution in [0.2, 0.25) is 0 Å². The first-order chi connectivity index (χ1) is 22.4. The van der Waals surface area contributed by atoms with E-state index in [1.165, 1.54) is 78.6 Å². The zero-order chi connectivity index (χ0) is 31.6. The molecule has 0 saturated carbocycles. The molecule has 2 heteroatoms. The predicted molar refractivity (Wildman–Crippen MR) is 196 cm³/mol. The van der Waals surface area contributed by atoms with Crippen molar-refractivity contribution in [1.29, 1.82) is 0 Å². The van der Waals surface area contributed by atoms with Crippen molar-refractivity contribution in [3.05, 3.63) is 178 Å². The Morgan fingerprint density at radius 1 is 0.326 bits per heavy atom. The molecule has 4 bridgehead atoms. The van der Waals surface area contributed by atoms with E-state index < -0.39 is 0 Å². The number of nitrogens with zero attached hydrogens (tertiary/aromatic N) is 2. The van der Waals surface area contributed by atoms with Crippen molar-refractivity contribution in [2.24, 2.45) is 0 Å². The molecule has 0 N–H and O–H groups in total. The number of hydrogen-bond acceptors (Lipinski definition) is 2. The third-order valence-corrected chi connectivity index (χ3v) is 9.32. The molecular formula is C44H42N2. The molecule has 0 fully saturated rings. The van der Waals surface area contributed by atoms with Gasteiger partial charge in [-0.2, -0.15) is 0 Å². The van der Waals surface area contributed by atoms with Gasteiger partial charge in [-0.3, -0.25) is 0 Å². The summed E-state index contributed by atoms with van der Waals surface area (Å²) < 4.78 is 0. The number of hydrogen-bond donors (Lipinski definition) is 0. The standard InChI is InChI=1S/C44H42N2/c1-31-5-21-39(22-6-31)45(40-23-7-32(2)8-24-40)43-29-35-13-17-37(43)19-15-36-14-18-38(20-16-35)44(30-36)46(41-25-9-33(3)10-26-41)42-27-11-34(4)12-28-42/h5-14,17-18,21-30H,15-16,19-20H2,1-4H3. The van der Waals surface area contributed by atoms with Crippen LogP contribution in [0, 0.1) is 27.7 Å². The zero-order valence-corrected chi connectivity index (χ0v) is 27.4. The molecular weight excluding hydrogens is 556 g/mol. The topological polar surface area (TPSA) is 6.48 Å². The Labute approximate surface area is 274 Å². The molecule has 0 spiro atoms. The molecule has 0 aromatic heterocycles. The van der Waals surface area contributed by atoms with Crippen molar-refractivity contribution < 1.29 is 0 Å². The minimum atomic E-state index is 0.956. The minimum Gasteiger partial charge on any atom is -0.310 e. The van der Waals surface area contributed by atoms with Crippen LogP contribution in [-0.4, -0.2) is 0 Å². The van der Waals surface area contributed by atoms with Crippen LogP contribution in [0.25, 0.3) is 0 Å². The molecule has 4 aliphatic carbocycles. The van der Waals surface area contributed by atoms with Gasteiger partial charge in [0.1, 0.15) is 0 Å². The van der Waals surface area contributed by atoms with E-state index in [4.69, 9.17) is 0 Å². The molecule has 2 nitrogen and oxygen atoms in total. The van der Waals surface area contributed by atoms with Crippen molar-refractivity contribution >= 4 is 34.1 Å². The third kappa shape index (κ3) is 6.21. The van der Waals surface area contributed by atoms with E-state index >= 15 is 0 Å². The van der Waals surface area contributed by atoms with Gasteiger partial charge in [0.2, 0.25) is 0 Å². The van der Waals surface area contributed by atoms with E-state index in [-0.39, 0.29) is 0 Å². The maximum atomic E-state index is 2.45. The van der Waals surface area contributed by atoms with Crippen LogP contribution < -0.4 is 9.80 Å². The van der Waals surface area contributed by atoms with Gasteiger partial charge in [-0.15, -0.1) is 0 Å². The van der Waals surface area contributed by atoms with Crippen LogP contribution in [0.1, 0.15) is 44.5 Å². The van der Waals surface area contributed by atoms with Crippen LogP contribution in [0.15, 0.2) is 133 Å². The van der Waals surface area contributed by atoms with E-state index in [2.05, 4.69) is 171 Å². The fourth-order valence-corrected chi connectivity index (χ4v) is 6.56. The molecule has 4 aliphatic rings. The van der Waals surface area contributed by atoms with Crippen molar-refractivity contribution in [1.82, 2.24) is 0 Å². The SMILES string of the molecule is Cc1ccc(N(c2ccc(C)cc2)c2cc3ccc2CCc2ccc(c(N(c4ccc(C)cc4)c4ccc(C)cc4)c2)CC3)cc1. The van der Waals surface area contributed by atoms with Crippen molar-refractivity contribution in [2.75, 3.05) is 9.80 Å². The van der Waals surface area contributed by atoms with Crippen molar-refractivity contribution in [3.63, 3.8) is 0 Å². The minimum absolute atomic E-state index is 0.956. The van der Waals surface area contributed by atoms with Gasteiger partial charge in [-0.1, -0.05) is 95.1 Å². The molecule has 0 amide bonds. The van der Waals surface area contributed by atoms with E-state index in [9.17, 15) is 0 Å². The van der Waals surface area contributed by atoms with E-state index in [1.807, 2.05) is 0 Å². The fourth-order valence-electron chi connectivity index (χ4n) is 6.56. The number of aryl methyl sites for hydroxylation is 8. The summed E-state index contributed by atoms with van der Waals surface area (Å²) in [7, 11) is 0. The number of benzene rings is 6. The Morgan fingerprint density at radius 3 is 0.891 bits per heavy atom. The number of rotatable bonds is 6. The lowest BCUT2D eigenvalue weighted by molar-refractivity contribution is 0.916. The Balaban J connectivity index is 1.31. The second-order valence-corrected chi connectivity index (χ2v) is 12.9. The molecule has 228 valence electrons. The molecule has 46 heavy (non-hydrogen) atoms. The largest absolute Gasteiger partial charge is 0.310 e. The van der Waals surface area contributed by atoms with Gasteiger partial charge in [-0.25, -0.2) is 0 Å². The summed E-state index contributed by atoms with van der Waals surface area (Å²) in [6, 6.07) is 50.1. The lowest BCUT2D eigenvalue weighted by Gasteiger charge is -2.30. The Morgan fingerprint density at radius 2 is 0.609 bits per heavy atom. The highest BCUT2D eigenvalue weighted by molar-refractivity contribution is 5.81. The van der Waals surface area contributed by atoms with Gasteiger partial charge in [-0.05, 0) is 136 Å². The molecule has 0 aliphatic heterocycles. The lowest BCUT2D eigenvalue weighted by atomic mass is 9.93. The summed E-state index contributed by atoms with van der Waals surface area (Å²) in [4.78, 5) is 4.90. The Kier molecular flexibility index (Phi) is 8.20. The van der Waals surface area contributed by atoms with Crippen LogP contribution in [-0.2, 0) is 25.7 Å². The maximum Gasteiger partial charge on any atom is 0.0496 e. The van der Waals surface area contributed by atoms with Crippen LogP contribution in [0.5, 0.6) is 0 Å². The average molecular weight is 599 g/mol. The molecule has 6 aromatic rings. The highest BCUT2D eigenvalue weighted by atomic mass is 15.1. The first-order valence-corrected chi connectivity index (χ1v) is 16.5. The lowest BCUT2D eigenvalue weighted by Crippen LogP contribution is -2.15. The quantitative estimate of drug-likeness (QED) is 0.188. The molecule has 6 aromatic carbocycles. The summed E-state index contributed by atoms with van der Waals surface area (Å²) in [5.41, 5.74) is 17.9. The average Bonchev–Trinajstić information content (AvgIpc) is 3.06. The smallest absolute Gasteiger partial charge is 0.0496 e. The van der Waals surface area contributed by atoms with Gasteiger partial charge >= 0.3 is 0 Å².